The Kier molecular flexibility index (Phi) is 6.79. The number of rotatable bonds is 8. The molecule has 0 aliphatic rings. The molecule has 1 aromatic carbocycles. The number of anilines is 3. The Hall–Kier alpha value is -3.83. The number of halogens is 4. The molecule has 36 heavy (non-hydrogen) atoms. The summed E-state index contributed by atoms with van der Waals surface area (Å²) in [6.07, 6.45) is 3.97. The topological polar surface area (TPSA) is 103 Å². The normalized spacial score (nSPS) is 11.4. The van der Waals surface area contributed by atoms with Crippen molar-refractivity contribution < 1.29 is 27.5 Å². The molecule has 0 bridgehead atoms. The second kappa shape index (κ2) is 9.67. The number of amides is 1. The molecule has 0 radical (unpaired) electrons. The van der Waals surface area contributed by atoms with Crippen molar-refractivity contribution in [2.45, 2.75) is 5.92 Å². The van der Waals surface area contributed by atoms with Crippen LogP contribution in [0.5, 0.6) is 11.5 Å². The number of carbonyl (C=O) groups is 1. The number of nitrogens with zero attached hydrogens (tertiary/aromatic N) is 3. The van der Waals surface area contributed by atoms with Gasteiger partial charge >= 0.3 is 5.92 Å². The highest BCUT2D eigenvalue weighted by Crippen LogP contribution is 2.50. The van der Waals surface area contributed by atoms with E-state index in [0.717, 1.165) is 12.1 Å². The molecular weight excluding hydrogens is 519 g/mol. The number of aryl methyl sites for hydroxylation is 1. The first kappa shape index (κ1) is 25.3. The van der Waals surface area contributed by atoms with Crippen LogP contribution in [0, 0.1) is 0 Å². The van der Waals surface area contributed by atoms with Crippen LogP contribution in [0.3, 0.4) is 0 Å². The zero-order chi connectivity index (χ0) is 26.2. The van der Waals surface area contributed by atoms with Crippen molar-refractivity contribution in [2.24, 2.45) is 7.05 Å². The lowest BCUT2D eigenvalue weighted by Gasteiger charge is -2.20. The van der Waals surface area contributed by atoms with Crippen LogP contribution < -0.4 is 20.1 Å². The number of hydrogen-bond donors (Lipinski definition) is 2. The molecule has 0 spiro atoms. The fraction of sp³-hybridized carbons (Fsp3) is 0.174. The maximum atomic E-state index is 15.7. The predicted octanol–water partition coefficient (Wildman–Crippen LogP) is 5.89. The number of alkyl halides is 2. The lowest BCUT2D eigenvalue weighted by atomic mass is 10.0. The minimum absolute atomic E-state index is 0.0356. The van der Waals surface area contributed by atoms with E-state index in [1.54, 1.807) is 13.2 Å². The van der Waals surface area contributed by atoms with E-state index in [2.05, 4.69) is 27.3 Å². The highest BCUT2D eigenvalue weighted by atomic mass is 35.5. The second-order valence-corrected chi connectivity index (χ2v) is 8.22. The molecule has 3 heterocycles. The van der Waals surface area contributed by atoms with Crippen LogP contribution in [0.15, 0.2) is 47.7 Å². The van der Waals surface area contributed by atoms with E-state index in [4.69, 9.17) is 37.1 Å². The van der Waals surface area contributed by atoms with Gasteiger partial charge in [-0.25, -0.2) is 4.98 Å². The Labute approximate surface area is 213 Å². The van der Waals surface area contributed by atoms with Gasteiger partial charge in [-0.2, -0.15) is 13.9 Å². The SMILES string of the molecule is C=CC(=O)Nc1cn(C)nc1Nc1cc2cc(C(F)(F)c3c(Cl)c(OC)cc(OC)c3Cl)oc2cn1. The van der Waals surface area contributed by atoms with Crippen LogP contribution >= 0.6 is 23.2 Å². The molecule has 4 aromatic rings. The van der Waals surface area contributed by atoms with E-state index in [0.29, 0.717) is 11.1 Å². The summed E-state index contributed by atoms with van der Waals surface area (Å²) in [4.78, 5) is 15.9. The average Bonchev–Trinajstić information content (AvgIpc) is 3.42. The molecule has 3 aromatic heterocycles. The Morgan fingerprint density at radius 3 is 2.47 bits per heavy atom. The van der Waals surface area contributed by atoms with Crippen LogP contribution in [0.1, 0.15) is 11.3 Å². The van der Waals surface area contributed by atoms with Crippen molar-refractivity contribution in [2.75, 3.05) is 24.9 Å². The number of carbonyl (C=O) groups excluding carboxylic acids is 1. The highest BCUT2D eigenvalue weighted by Gasteiger charge is 2.44. The lowest BCUT2D eigenvalue weighted by molar-refractivity contribution is -0.111. The average molecular weight is 538 g/mol. The second-order valence-electron chi connectivity index (χ2n) is 7.46. The molecule has 0 atom stereocenters. The standard InChI is InChI=1S/C23H19Cl2F2N5O4/c1-5-18(33)29-12-10-32(2)31-22(12)30-17-7-11-6-16(36-15(11)9-28-17)23(26,27)19-20(24)13(34-3)8-14(35-4)21(19)25/h5-10H,1H2,2-4H3,(H,29,33)(H,28,30,31). The largest absolute Gasteiger partial charge is 0.495 e. The summed E-state index contributed by atoms with van der Waals surface area (Å²) in [5.74, 6) is -4.40. The van der Waals surface area contributed by atoms with Gasteiger partial charge in [0.25, 0.3) is 0 Å². The Balaban J connectivity index is 1.72. The summed E-state index contributed by atoms with van der Waals surface area (Å²) in [5, 5.41) is 9.36. The van der Waals surface area contributed by atoms with Crippen molar-refractivity contribution >= 4 is 57.4 Å². The number of pyridine rings is 1. The predicted molar refractivity (Wildman–Crippen MR) is 132 cm³/mol. The number of aromatic nitrogens is 3. The van der Waals surface area contributed by atoms with Gasteiger partial charge in [0.05, 0.1) is 42.2 Å². The number of benzene rings is 1. The molecule has 2 N–H and O–H groups in total. The third kappa shape index (κ3) is 4.54. The van der Waals surface area contributed by atoms with Crippen LogP contribution in [0.4, 0.5) is 26.1 Å². The van der Waals surface area contributed by atoms with Gasteiger partial charge in [-0.1, -0.05) is 29.8 Å². The third-order valence-corrected chi connectivity index (χ3v) is 5.87. The first-order chi connectivity index (χ1) is 17.1. The number of ether oxygens (including phenoxy) is 2. The zero-order valence-electron chi connectivity index (χ0n) is 19.2. The molecule has 4 rings (SSSR count). The molecule has 0 saturated carbocycles. The van der Waals surface area contributed by atoms with E-state index >= 15 is 8.78 Å². The Morgan fingerprint density at radius 2 is 1.86 bits per heavy atom. The van der Waals surface area contributed by atoms with Gasteiger partial charge in [-0.15, -0.1) is 0 Å². The quantitative estimate of drug-likeness (QED) is 0.270. The fourth-order valence-corrected chi connectivity index (χ4v) is 4.17. The van der Waals surface area contributed by atoms with Gasteiger partial charge in [-0.05, 0) is 18.2 Å². The molecule has 13 heteroatoms. The number of nitrogens with one attached hydrogen (secondary N) is 2. The smallest absolute Gasteiger partial charge is 0.333 e. The Bertz CT molecular complexity index is 1460. The molecule has 0 aliphatic carbocycles. The van der Waals surface area contributed by atoms with Gasteiger partial charge < -0.3 is 24.5 Å². The summed E-state index contributed by atoms with van der Waals surface area (Å²) < 4.78 is 48.4. The van der Waals surface area contributed by atoms with Gasteiger partial charge in [0.1, 0.15) is 23.0 Å². The summed E-state index contributed by atoms with van der Waals surface area (Å²) in [7, 11) is 4.24. The summed E-state index contributed by atoms with van der Waals surface area (Å²) in [6.45, 7) is 3.41. The van der Waals surface area contributed by atoms with E-state index in [1.807, 2.05) is 0 Å². The van der Waals surface area contributed by atoms with E-state index in [9.17, 15) is 4.79 Å². The van der Waals surface area contributed by atoms with Crippen molar-refractivity contribution in [3.05, 3.63) is 64.6 Å². The molecule has 0 aliphatic heterocycles. The minimum atomic E-state index is -3.74. The monoisotopic (exact) mass is 537 g/mol. The van der Waals surface area contributed by atoms with Crippen molar-refractivity contribution in [3.63, 3.8) is 0 Å². The summed E-state index contributed by atoms with van der Waals surface area (Å²) >= 11 is 12.4. The molecule has 1 amide bonds. The van der Waals surface area contributed by atoms with E-state index in [-0.39, 0.29) is 38.8 Å². The summed E-state index contributed by atoms with van der Waals surface area (Å²) in [5.41, 5.74) is -0.248. The van der Waals surface area contributed by atoms with Crippen LogP contribution in [-0.4, -0.2) is 34.9 Å². The molecule has 0 saturated heterocycles. The van der Waals surface area contributed by atoms with Gasteiger partial charge in [0, 0.05) is 18.5 Å². The molecular formula is C23H19Cl2F2N5O4. The van der Waals surface area contributed by atoms with Crippen LogP contribution in [0.25, 0.3) is 11.0 Å². The van der Waals surface area contributed by atoms with E-state index < -0.39 is 23.2 Å². The van der Waals surface area contributed by atoms with Crippen molar-refractivity contribution in [3.8, 4) is 11.5 Å². The number of methoxy groups -OCH3 is 2. The van der Waals surface area contributed by atoms with Gasteiger partial charge in [-0.3, -0.25) is 9.48 Å². The summed E-state index contributed by atoms with van der Waals surface area (Å²) in [6, 6.07) is 3.95. The van der Waals surface area contributed by atoms with Gasteiger partial charge in [0.15, 0.2) is 17.2 Å². The van der Waals surface area contributed by atoms with Crippen LogP contribution in [-0.2, 0) is 17.8 Å². The van der Waals surface area contributed by atoms with Gasteiger partial charge in [0.2, 0.25) is 5.91 Å². The van der Waals surface area contributed by atoms with Crippen molar-refractivity contribution in [1.82, 2.24) is 14.8 Å². The first-order valence-corrected chi connectivity index (χ1v) is 11.0. The first-order valence-electron chi connectivity index (χ1n) is 10.2. The van der Waals surface area contributed by atoms with E-state index in [1.165, 1.54) is 37.2 Å². The lowest BCUT2D eigenvalue weighted by Crippen LogP contribution is -2.16. The minimum Gasteiger partial charge on any atom is -0.495 e. The zero-order valence-corrected chi connectivity index (χ0v) is 20.7. The number of hydrogen-bond acceptors (Lipinski definition) is 7. The number of furan rings is 1. The molecule has 188 valence electrons. The fourth-order valence-electron chi connectivity index (χ4n) is 3.43. The molecule has 9 nitrogen and oxygen atoms in total. The maximum Gasteiger partial charge on any atom is 0.333 e. The third-order valence-electron chi connectivity index (χ3n) is 5.12. The van der Waals surface area contributed by atoms with Crippen molar-refractivity contribution in [1.29, 1.82) is 0 Å². The number of fused-ring (bicyclic) bond motifs is 1. The Morgan fingerprint density at radius 1 is 1.19 bits per heavy atom. The molecule has 0 fully saturated rings. The highest BCUT2D eigenvalue weighted by molar-refractivity contribution is 6.38. The van der Waals surface area contributed by atoms with Crippen LogP contribution in [0.2, 0.25) is 10.0 Å². The maximum absolute atomic E-state index is 15.7. The molecule has 0 unspecified atom stereocenters.